The Hall–Kier alpha value is -4.11. The standard InChI is InChI=1S/C23H21N7O2/c1-23(2,32)13-29-18-8-4-3-6-16(18)27-22(29)28-21(31)15-9-11-24-19(12-15)30-14-26-17-7-5-10-25-20(17)30/h3-12,14,32H,13H2,1-2H3,(H,27,28,31). The third kappa shape index (κ3) is 3.69. The van der Waals surface area contributed by atoms with Crippen LogP contribution >= 0.6 is 0 Å². The van der Waals surface area contributed by atoms with E-state index < -0.39 is 5.60 Å². The van der Waals surface area contributed by atoms with Gasteiger partial charge in [0, 0.05) is 18.0 Å². The van der Waals surface area contributed by atoms with Crippen LogP contribution in [-0.4, -0.2) is 45.7 Å². The zero-order chi connectivity index (χ0) is 22.3. The average Bonchev–Trinajstić information content (AvgIpc) is 3.35. The number of nitrogens with zero attached hydrogens (tertiary/aromatic N) is 6. The van der Waals surface area contributed by atoms with Crippen molar-refractivity contribution in [2.75, 3.05) is 5.32 Å². The Kier molecular flexibility index (Phi) is 4.67. The highest BCUT2D eigenvalue weighted by atomic mass is 16.3. The molecule has 0 aliphatic rings. The van der Waals surface area contributed by atoms with Crippen molar-refractivity contribution in [1.82, 2.24) is 29.1 Å². The van der Waals surface area contributed by atoms with Crippen LogP contribution in [0.15, 0.2) is 67.3 Å². The number of anilines is 1. The molecular formula is C23H21N7O2. The Labute approximate surface area is 183 Å². The number of rotatable bonds is 5. The summed E-state index contributed by atoms with van der Waals surface area (Å²) >= 11 is 0. The van der Waals surface area contributed by atoms with Crippen molar-refractivity contribution in [2.45, 2.75) is 26.0 Å². The van der Waals surface area contributed by atoms with Gasteiger partial charge in [-0.1, -0.05) is 12.1 Å². The zero-order valence-electron chi connectivity index (χ0n) is 17.6. The number of para-hydroxylation sites is 2. The van der Waals surface area contributed by atoms with Crippen molar-refractivity contribution < 1.29 is 9.90 Å². The fraction of sp³-hybridized carbons (Fsp3) is 0.174. The number of aromatic nitrogens is 6. The first-order valence-corrected chi connectivity index (χ1v) is 10.1. The second-order valence-electron chi connectivity index (χ2n) is 8.14. The van der Waals surface area contributed by atoms with Crippen molar-refractivity contribution in [3.05, 3.63) is 72.8 Å². The Bertz CT molecular complexity index is 1450. The number of pyridine rings is 2. The molecule has 1 aromatic carbocycles. The summed E-state index contributed by atoms with van der Waals surface area (Å²) in [5.41, 5.74) is 2.39. The van der Waals surface area contributed by atoms with Gasteiger partial charge in [-0.3, -0.25) is 14.7 Å². The molecule has 0 aliphatic heterocycles. The molecule has 0 spiro atoms. The van der Waals surface area contributed by atoms with Crippen LogP contribution in [-0.2, 0) is 6.54 Å². The lowest BCUT2D eigenvalue weighted by Gasteiger charge is -2.20. The van der Waals surface area contributed by atoms with Gasteiger partial charge in [0.15, 0.2) is 5.65 Å². The molecule has 0 aliphatic carbocycles. The number of imidazole rings is 2. The minimum Gasteiger partial charge on any atom is -0.389 e. The molecule has 32 heavy (non-hydrogen) atoms. The van der Waals surface area contributed by atoms with Gasteiger partial charge in [0.05, 0.1) is 23.2 Å². The topological polar surface area (TPSA) is 111 Å². The fourth-order valence-electron chi connectivity index (χ4n) is 3.60. The number of amides is 1. The van der Waals surface area contributed by atoms with Crippen LogP contribution in [0.4, 0.5) is 5.95 Å². The number of carbonyl (C=O) groups is 1. The molecule has 4 aromatic heterocycles. The minimum atomic E-state index is -0.984. The first-order chi connectivity index (χ1) is 15.4. The van der Waals surface area contributed by atoms with Gasteiger partial charge in [0.1, 0.15) is 17.7 Å². The highest BCUT2D eigenvalue weighted by Gasteiger charge is 2.21. The monoisotopic (exact) mass is 427 g/mol. The number of hydrogen-bond acceptors (Lipinski definition) is 6. The summed E-state index contributed by atoms with van der Waals surface area (Å²) in [4.78, 5) is 30.7. The number of benzene rings is 1. The van der Waals surface area contributed by atoms with E-state index in [0.29, 0.717) is 23.0 Å². The maximum Gasteiger partial charge on any atom is 0.258 e. The minimum absolute atomic E-state index is 0.275. The maximum absolute atomic E-state index is 13.1. The Balaban J connectivity index is 1.49. The van der Waals surface area contributed by atoms with Crippen LogP contribution in [0.25, 0.3) is 28.0 Å². The molecule has 0 saturated heterocycles. The Morgan fingerprint density at radius 1 is 1.03 bits per heavy atom. The molecule has 160 valence electrons. The fourth-order valence-corrected chi connectivity index (χ4v) is 3.60. The lowest BCUT2D eigenvalue weighted by Crippen LogP contribution is -2.27. The van der Waals surface area contributed by atoms with Crippen LogP contribution in [0, 0.1) is 0 Å². The van der Waals surface area contributed by atoms with E-state index in [1.807, 2.05) is 41.0 Å². The van der Waals surface area contributed by atoms with E-state index in [-0.39, 0.29) is 12.5 Å². The van der Waals surface area contributed by atoms with E-state index in [0.717, 1.165) is 16.6 Å². The third-order valence-electron chi connectivity index (χ3n) is 4.99. The molecule has 0 bridgehead atoms. The lowest BCUT2D eigenvalue weighted by molar-refractivity contribution is 0.0630. The quantitative estimate of drug-likeness (QED) is 0.446. The largest absolute Gasteiger partial charge is 0.389 e. The van der Waals surface area contributed by atoms with E-state index >= 15 is 0 Å². The van der Waals surface area contributed by atoms with Crippen molar-refractivity contribution in [3.63, 3.8) is 0 Å². The van der Waals surface area contributed by atoms with Crippen molar-refractivity contribution >= 4 is 34.1 Å². The molecule has 0 atom stereocenters. The average molecular weight is 427 g/mol. The van der Waals surface area contributed by atoms with Gasteiger partial charge in [0.25, 0.3) is 5.91 Å². The molecule has 5 rings (SSSR count). The highest BCUT2D eigenvalue weighted by molar-refractivity contribution is 6.04. The van der Waals surface area contributed by atoms with Crippen LogP contribution < -0.4 is 5.32 Å². The summed E-state index contributed by atoms with van der Waals surface area (Å²) < 4.78 is 3.54. The molecule has 2 N–H and O–H groups in total. The smallest absolute Gasteiger partial charge is 0.258 e. The lowest BCUT2D eigenvalue weighted by atomic mass is 10.1. The molecule has 5 aromatic rings. The number of nitrogens with one attached hydrogen (secondary N) is 1. The predicted octanol–water partition coefficient (Wildman–Crippen LogP) is 3.19. The van der Waals surface area contributed by atoms with Crippen LogP contribution in [0.1, 0.15) is 24.2 Å². The third-order valence-corrected chi connectivity index (χ3v) is 4.99. The SMILES string of the molecule is CC(C)(O)Cn1c(NC(=O)c2ccnc(-n3cnc4cccnc43)c2)nc2ccccc21. The van der Waals surface area contributed by atoms with Crippen LogP contribution in [0.5, 0.6) is 0 Å². The molecule has 4 heterocycles. The molecule has 1 amide bonds. The van der Waals surface area contributed by atoms with E-state index in [1.165, 1.54) is 0 Å². The Morgan fingerprint density at radius 2 is 1.84 bits per heavy atom. The molecule has 0 unspecified atom stereocenters. The van der Waals surface area contributed by atoms with E-state index in [1.54, 1.807) is 49.3 Å². The first-order valence-electron chi connectivity index (χ1n) is 10.1. The van der Waals surface area contributed by atoms with Gasteiger partial charge >= 0.3 is 0 Å². The second kappa shape index (κ2) is 7.54. The number of aliphatic hydroxyl groups is 1. The van der Waals surface area contributed by atoms with E-state index in [9.17, 15) is 9.90 Å². The number of hydrogen-bond donors (Lipinski definition) is 2. The van der Waals surface area contributed by atoms with E-state index in [2.05, 4.69) is 25.3 Å². The Morgan fingerprint density at radius 3 is 2.69 bits per heavy atom. The van der Waals surface area contributed by atoms with Gasteiger partial charge in [-0.15, -0.1) is 0 Å². The van der Waals surface area contributed by atoms with Crippen LogP contribution in [0.2, 0.25) is 0 Å². The molecule has 0 fully saturated rings. The summed E-state index contributed by atoms with van der Waals surface area (Å²) in [5.74, 6) is 0.564. The van der Waals surface area contributed by atoms with Gasteiger partial charge < -0.3 is 9.67 Å². The summed E-state index contributed by atoms with van der Waals surface area (Å²) in [6.07, 6.45) is 4.88. The molecule has 0 radical (unpaired) electrons. The second-order valence-corrected chi connectivity index (χ2v) is 8.14. The summed E-state index contributed by atoms with van der Waals surface area (Å²) in [6.45, 7) is 3.70. The van der Waals surface area contributed by atoms with Crippen molar-refractivity contribution in [1.29, 1.82) is 0 Å². The highest BCUT2D eigenvalue weighted by Crippen LogP contribution is 2.23. The molecule has 0 saturated carbocycles. The van der Waals surface area contributed by atoms with Crippen molar-refractivity contribution in [2.24, 2.45) is 0 Å². The van der Waals surface area contributed by atoms with Crippen molar-refractivity contribution in [3.8, 4) is 5.82 Å². The van der Waals surface area contributed by atoms with E-state index in [4.69, 9.17) is 0 Å². The molecule has 9 nitrogen and oxygen atoms in total. The van der Waals surface area contributed by atoms with Gasteiger partial charge in [-0.2, -0.15) is 0 Å². The van der Waals surface area contributed by atoms with Gasteiger partial charge in [-0.05, 0) is 50.2 Å². The number of fused-ring (bicyclic) bond motifs is 2. The summed E-state index contributed by atoms with van der Waals surface area (Å²) in [6, 6.07) is 14.5. The zero-order valence-corrected chi connectivity index (χ0v) is 17.6. The van der Waals surface area contributed by atoms with Crippen LogP contribution in [0.3, 0.4) is 0 Å². The predicted molar refractivity (Wildman–Crippen MR) is 121 cm³/mol. The number of carbonyl (C=O) groups excluding carboxylic acids is 1. The molecule has 9 heteroatoms. The van der Waals surface area contributed by atoms with Gasteiger partial charge in [-0.25, -0.2) is 19.9 Å². The summed E-state index contributed by atoms with van der Waals surface area (Å²) in [5, 5.41) is 13.3. The normalized spacial score (nSPS) is 11.8. The maximum atomic E-state index is 13.1. The summed E-state index contributed by atoms with van der Waals surface area (Å²) in [7, 11) is 0. The van der Waals surface area contributed by atoms with Gasteiger partial charge in [0.2, 0.25) is 5.95 Å². The first kappa shape index (κ1) is 19.8. The molecular weight excluding hydrogens is 406 g/mol.